The van der Waals surface area contributed by atoms with Crippen LogP contribution in [0.5, 0.6) is 0 Å². The van der Waals surface area contributed by atoms with Gasteiger partial charge in [0.05, 0.1) is 0 Å². The van der Waals surface area contributed by atoms with Crippen LogP contribution in [0.25, 0.3) is 0 Å². The van der Waals surface area contributed by atoms with Crippen molar-refractivity contribution in [2.45, 2.75) is 45.6 Å². The summed E-state index contributed by atoms with van der Waals surface area (Å²) in [6.07, 6.45) is 2.72. The molecule has 106 valence electrons. The molecule has 2 amide bonds. The fraction of sp³-hybridized carbons (Fsp3) is 0.615. The molecule has 0 bridgehead atoms. The number of hydrogen-bond acceptors (Lipinski definition) is 3. The van der Waals surface area contributed by atoms with Crippen LogP contribution < -0.4 is 11.1 Å². The van der Waals surface area contributed by atoms with Crippen LogP contribution in [-0.2, 0) is 14.4 Å². The van der Waals surface area contributed by atoms with Crippen LogP contribution in [0.15, 0.2) is 11.1 Å². The molecule has 0 spiro atoms. The topological polar surface area (TPSA) is 109 Å². The molecule has 1 rings (SSSR count). The van der Waals surface area contributed by atoms with Gasteiger partial charge < -0.3 is 16.2 Å². The molecule has 0 aromatic carbocycles. The number of nitrogens with two attached hydrogens (primary N) is 1. The molecule has 0 atom stereocenters. The van der Waals surface area contributed by atoms with Crippen LogP contribution >= 0.6 is 0 Å². The van der Waals surface area contributed by atoms with E-state index in [1.165, 1.54) is 13.8 Å². The highest BCUT2D eigenvalue weighted by molar-refractivity contribution is 6.01. The second-order valence-corrected chi connectivity index (χ2v) is 4.98. The van der Waals surface area contributed by atoms with Gasteiger partial charge in [0.25, 0.3) is 0 Å². The monoisotopic (exact) mass is 268 g/mol. The lowest BCUT2D eigenvalue weighted by Gasteiger charge is -2.27. The number of carbonyl (C=O) groups excluding carboxylic acids is 2. The van der Waals surface area contributed by atoms with Crippen molar-refractivity contribution in [3.63, 3.8) is 0 Å². The van der Waals surface area contributed by atoms with E-state index in [-0.39, 0.29) is 34.9 Å². The first-order valence-corrected chi connectivity index (χ1v) is 6.33. The zero-order valence-electron chi connectivity index (χ0n) is 11.2. The number of nitrogens with one attached hydrogen (secondary N) is 1. The van der Waals surface area contributed by atoms with Crippen molar-refractivity contribution in [2.24, 2.45) is 11.7 Å². The van der Waals surface area contributed by atoms with Gasteiger partial charge in [0.15, 0.2) is 0 Å². The van der Waals surface area contributed by atoms with Crippen molar-refractivity contribution >= 4 is 17.8 Å². The van der Waals surface area contributed by atoms with Crippen molar-refractivity contribution in [3.8, 4) is 0 Å². The van der Waals surface area contributed by atoms with Gasteiger partial charge in [0.1, 0.15) is 0 Å². The summed E-state index contributed by atoms with van der Waals surface area (Å²) in [4.78, 5) is 33.6. The zero-order valence-corrected chi connectivity index (χ0v) is 11.2. The number of amides is 2. The maximum atomic E-state index is 11.8. The van der Waals surface area contributed by atoms with E-state index in [9.17, 15) is 14.4 Å². The maximum absolute atomic E-state index is 11.8. The largest absolute Gasteiger partial charge is 0.478 e. The highest BCUT2D eigenvalue weighted by atomic mass is 16.4. The summed E-state index contributed by atoms with van der Waals surface area (Å²) in [7, 11) is 0. The van der Waals surface area contributed by atoms with Gasteiger partial charge in [-0.25, -0.2) is 4.79 Å². The van der Waals surface area contributed by atoms with Crippen LogP contribution in [0.1, 0.15) is 39.5 Å². The summed E-state index contributed by atoms with van der Waals surface area (Å²) >= 11 is 0. The average Bonchev–Trinajstić information content (AvgIpc) is 2.37. The van der Waals surface area contributed by atoms with E-state index in [1.807, 2.05) is 0 Å². The summed E-state index contributed by atoms with van der Waals surface area (Å²) in [6.45, 7) is 2.90. The van der Waals surface area contributed by atoms with E-state index in [0.717, 1.165) is 0 Å². The van der Waals surface area contributed by atoms with E-state index < -0.39 is 5.97 Å². The van der Waals surface area contributed by atoms with Crippen molar-refractivity contribution < 1.29 is 19.5 Å². The molecule has 0 aromatic heterocycles. The lowest BCUT2D eigenvalue weighted by atomic mass is 9.85. The Morgan fingerprint density at radius 2 is 1.58 bits per heavy atom. The summed E-state index contributed by atoms with van der Waals surface area (Å²) < 4.78 is 0. The van der Waals surface area contributed by atoms with E-state index in [1.54, 1.807) is 0 Å². The average molecular weight is 268 g/mol. The molecule has 0 heterocycles. The molecule has 1 aliphatic carbocycles. The normalized spacial score (nSPS) is 24.3. The van der Waals surface area contributed by atoms with E-state index in [0.29, 0.717) is 25.7 Å². The molecular weight excluding hydrogens is 248 g/mol. The third-order valence-electron chi connectivity index (χ3n) is 3.69. The van der Waals surface area contributed by atoms with Gasteiger partial charge in [0.2, 0.25) is 11.8 Å². The van der Waals surface area contributed by atoms with Crippen LogP contribution in [0.3, 0.4) is 0 Å². The Morgan fingerprint density at radius 1 is 1.05 bits per heavy atom. The molecule has 6 heteroatoms. The Hall–Kier alpha value is -1.85. The van der Waals surface area contributed by atoms with Gasteiger partial charge in [0, 0.05) is 23.1 Å². The van der Waals surface area contributed by atoms with E-state index >= 15 is 0 Å². The van der Waals surface area contributed by atoms with E-state index in [4.69, 9.17) is 10.8 Å². The van der Waals surface area contributed by atoms with Crippen LogP contribution in [0.2, 0.25) is 0 Å². The fourth-order valence-electron chi connectivity index (χ4n) is 2.15. The van der Waals surface area contributed by atoms with Gasteiger partial charge in [-0.2, -0.15) is 0 Å². The molecule has 19 heavy (non-hydrogen) atoms. The van der Waals surface area contributed by atoms with Crippen molar-refractivity contribution in [1.82, 2.24) is 5.32 Å². The summed E-state index contributed by atoms with van der Waals surface area (Å²) in [5.41, 5.74) is 5.49. The summed E-state index contributed by atoms with van der Waals surface area (Å²) in [5, 5.41) is 11.6. The lowest BCUT2D eigenvalue weighted by Crippen LogP contribution is -2.40. The van der Waals surface area contributed by atoms with Crippen molar-refractivity contribution in [2.75, 3.05) is 0 Å². The summed E-state index contributed by atoms with van der Waals surface area (Å²) in [5.74, 6) is -1.85. The highest BCUT2D eigenvalue weighted by Gasteiger charge is 2.26. The highest BCUT2D eigenvalue weighted by Crippen LogP contribution is 2.24. The number of rotatable bonds is 4. The smallest absolute Gasteiger partial charge is 0.331 e. The molecule has 1 fully saturated rings. The first kappa shape index (κ1) is 15.2. The minimum absolute atomic E-state index is 0.0142. The Kier molecular flexibility index (Phi) is 5.09. The van der Waals surface area contributed by atoms with Gasteiger partial charge in [-0.3, -0.25) is 9.59 Å². The van der Waals surface area contributed by atoms with Gasteiger partial charge in [-0.15, -0.1) is 0 Å². The minimum Gasteiger partial charge on any atom is -0.478 e. The molecule has 0 radical (unpaired) electrons. The quantitative estimate of drug-likeness (QED) is 0.647. The minimum atomic E-state index is -1.09. The summed E-state index contributed by atoms with van der Waals surface area (Å²) in [6, 6.07) is -0.0142. The first-order valence-electron chi connectivity index (χ1n) is 6.33. The third-order valence-corrected chi connectivity index (χ3v) is 3.69. The molecule has 0 saturated heterocycles. The predicted octanol–water partition coefficient (Wildman–Crippen LogP) is 0.568. The maximum Gasteiger partial charge on any atom is 0.331 e. The molecule has 1 saturated carbocycles. The standard InChI is InChI=1S/C13H20N2O4/c1-7(8(2)13(18)19)12(17)15-10-5-3-9(4-6-10)11(14)16/h9-10H,3-6H2,1-2H3,(H2,14,16)(H,15,17)(H,18,19)/b8-7-. The lowest BCUT2D eigenvalue weighted by molar-refractivity contribution is -0.133. The second kappa shape index (κ2) is 6.36. The first-order chi connectivity index (χ1) is 8.82. The Bertz CT molecular complexity index is 420. The third kappa shape index (κ3) is 4.08. The van der Waals surface area contributed by atoms with Crippen molar-refractivity contribution in [3.05, 3.63) is 11.1 Å². The molecule has 6 nitrogen and oxygen atoms in total. The second-order valence-electron chi connectivity index (χ2n) is 4.98. The molecular formula is C13H20N2O4. The van der Waals surface area contributed by atoms with Crippen molar-refractivity contribution in [1.29, 1.82) is 0 Å². The molecule has 4 N–H and O–H groups in total. The van der Waals surface area contributed by atoms with Crippen LogP contribution in [-0.4, -0.2) is 28.9 Å². The SMILES string of the molecule is C/C(C(=O)O)=C(\C)C(=O)NC1CCC(C(N)=O)CC1. The predicted molar refractivity (Wildman–Crippen MR) is 69.1 cm³/mol. The molecule has 0 unspecified atom stereocenters. The fourth-order valence-corrected chi connectivity index (χ4v) is 2.15. The number of carboxylic acids is 1. The number of aliphatic carboxylic acids is 1. The molecule has 0 aliphatic heterocycles. The van der Waals surface area contributed by atoms with Gasteiger partial charge >= 0.3 is 5.97 Å². The zero-order chi connectivity index (χ0) is 14.6. The van der Waals surface area contributed by atoms with E-state index in [2.05, 4.69) is 5.32 Å². The van der Waals surface area contributed by atoms with Gasteiger partial charge in [-0.1, -0.05) is 0 Å². The Balaban J connectivity index is 2.54. The molecule has 1 aliphatic rings. The van der Waals surface area contributed by atoms with Crippen LogP contribution in [0.4, 0.5) is 0 Å². The Morgan fingerprint density at radius 3 is 2.00 bits per heavy atom. The number of carboxylic acid groups (broad SMARTS) is 1. The van der Waals surface area contributed by atoms with Crippen LogP contribution in [0, 0.1) is 5.92 Å². The molecule has 0 aromatic rings. The Labute approximate surface area is 112 Å². The number of primary amides is 1. The number of carbonyl (C=O) groups is 3. The van der Waals surface area contributed by atoms with Gasteiger partial charge in [-0.05, 0) is 39.5 Å². The number of hydrogen-bond donors (Lipinski definition) is 3.